The number of aromatic nitrogens is 4. The number of pyridine rings is 2. The fourth-order valence-corrected chi connectivity index (χ4v) is 3.54. The zero-order chi connectivity index (χ0) is 16.4. The van der Waals surface area contributed by atoms with Crippen LogP contribution in [0, 0.1) is 6.92 Å². The van der Waals surface area contributed by atoms with Crippen molar-refractivity contribution in [3.8, 4) is 5.69 Å². The third-order valence-corrected chi connectivity index (χ3v) is 4.72. The molecule has 0 saturated carbocycles. The predicted molar refractivity (Wildman–Crippen MR) is 92.7 cm³/mol. The molecule has 0 spiro atoms. The molecule has 1 atom stereocenters. The minimum Gasteiger partial charge on any atom is -0.301 e. The lowest BCUT2D eigenvalue weighted by Gasteiger charge is -2.25. The second-order valence-electron chi connectivity index (χ2n) is 6.26. The molecule has 1 fully saturated rings. The summed E-state index contributed by atoms with van der Waals surface area (Å²) in [4.78, 5) is 15.9. The SMILES string of the molecule is Cc1cccnc1C1CCCN1Cc1nccn1-c1cccnc1. The molecule has 4 rings (SSSR count). The number of hydrogen-bond donors (Lipinski definition) is 0. The summed E-state index contributed by atoms with van der Waals surface area (Å²) >= 11 is 0. The van der Waals surface area contributed by atoms with Crippen LogP contribution in [-0.4, -0.2) is 31.0 Å². The molecular formula is C19H21N5. The van der Waals surface area contributed by atoms with Crippen LogP contribution < -0.4 is 0 Å². The van der Waals surface area contributed by atoms with Crippen molar-refractivity contribution in [1.82, 2.24) is 24.4 Å². The van der Waals surface area contributed by atoms with Crippen molar-refractivity contribution in [2.75, 3.05) is 6.54 Å². The van der Waals surface area contributed by atoms with E-state index in [1.165, 1.54) is 17.7 Å². The Morgan fingerprint density at radius 1 is 1.12 bits per heavy atom. The van der Waals surface area contributed by atoms with Gasteiger partial charge in [0, 0.05) is 24.8 Å². The molecule has 0 N–H and O–H groups in total. The number of imidazole rings is 1. The number of hydrogen-bond acceptors (Lipinski definition) is 4. The zero-order valence-corrected chi connectivity index (χ0v) is 13.8. The number of rotatable bonds is 4. The van der Waals surface area contributed by atoms with Gasteiger partial charge in [-0.15, -0.1) is 0 Å². The van der Waals surface area contributed by atoms with E-state index in [0.29, 0.717) is 6.04 Å². The summed E-state index contributed by atoms with van der Waals surface area (Å²) in [6.45, 7) is 4.05. The number of aryl methyl sites for hydroxylation is 1. The molecule has 0 aliphatic carbocycles. The molecule has 1 aliphatic heterocycles. The molecule has 122 valence electrons. The lowest BCUT2D eigenvalue weighted by molar-refractivity contribution is 0.236. The quantitative estimate of drug-likeness (QED) is 0.740. The highest BCUT2D eigenvalue weighted by atomic mass is 15.2. The highest BCUT2D eigenvalue weighted by Crippen LogP contribution is 2.33. The Morgan fingerprint density at radius 2 is 2.04 bits per heavy atom. The van der Waals surface area contributed by atoms with Crippen LogP contribution in [0.1, 0.15) is 36.0 Å². The summed E-state index contributed by atoms with van der Waals surface area (Å²) in [5, 5.41) is 0. The highest BCUT2D eigenvalue weighted by Gasteiger charge is 2.29. The molecule has 0 radical (unpaired) electrons. The molecule has 5 heteroatoms. The Morgan fingerprint density at radius 3 is 2.88 bits per heavy atom. The third-order valence-electron chi connectivity index (χ3n) is 4.72. The van der Waals surface area contributed by atoms with Gasteiger partial charge < -0.3 is 4.57 Å². The molecule has 0 bridgehead atoms. The Bertz CT molecular complexity index is 811. The van der Waals surface area contributed by atoms with E-state index in [4.69, 9.17) is 0 Å². The van der Waals surface area contributed by atoms with Crippen LogP contribution in [0.3, 0.4) is 0 Å². The van der Waals surface area contributed by atoms with Gasteiger partial charge in [0.15, 0.2) is 0 Å². The second-order valence-corrected chi connectivity index (χ2v) is 6.26. The number of nitrogens with zero attached hydrogens (tertiary/aromatic N) is 5. The first-order chi connectivity index (χ1) is 11.8. The summed E-state index contributed by atoms with van der Waals surface area (Å²) in [7, 11) is 0. The first-order valence-electron chi connectivity index (χ1n) is 8.41. The van der Waals surface area contributed by atoms with Crippen LogP contribution in [0.5, 0.6) is 0 Å². The molecule has 0 amide bonds. The van der Waals surface area contributed by atoms with Crippen molar-refractivity contribution < 1.29 is 0 Å². The predicted octanol–water partition coefficient (Wildman–Crippen LogP) is 3.31. The molecule has 24 heavy (non-hydrogen) atoms. The van der Waals surface area contributed by atoms with Crippen molar-refractivity contribution in [1.29, 1.82) is 0 Å². The fourth-order valence-electron chi connectivity index (χ4n) is 3.54. The van der Waals surface area contributed by atoms with Crippen molar-refractivity contribution in [3.63, 3.8) is 0 Å². The van der Waals surface area contributed by atoms with Crippen LogP contribution in [0.2, 0.25) is 0 Å². The Kier molecular flexibility index (Phi) is 4.09. The lowest BCUT2D eigenvalue weighted by Crippen LogP contribution is -2.25. The maximum Gasteiger partial charge on any atom is 0.127 e. The minimum absolute atomic E-state index is 0.380. The van der Waals surface area contributed by atoms with Crippen LogP contribution in [0.15, 0.2) is 55.2 Å². The average Bonchev–Trinajstić information content (AvgIpc) is 3.26. The molecule has 4 heterocycles. The molecule has 1 saturated heterocycles. The van der Waals surface area contributed by atoms with Gasteiger partial charge in [0.2, 0.25) is 0 Å². The maximum atomic E-state index is 4.64. The Labute approximate surface area is 142 Å². The van der Waals surface area contributed by atoms with E-state index in [1.807, 2.05) is 36.9 Å². The molecule has 3 aromatic heterocycles. The molecule has 1 aliphatic rings. The van der Waals surface area contributed by atoms with Gasteiger partial charge in [-0.1, -0.05) is 6.07 Å². The lowest BCUT2D eigenvalue weighted by atomic mass is 10.1. The van der Waals surface area contributed by atoms with Gasteiger partial charge in [-0.05, 0) is 50.1 Å². The molecular weight excluding hydrogens is 298 g/mol. The monoisotopic (exact) mass is 319 g/mol. The van der Waals surface area contributed by atoms with E-state index >= 15 is 0 Å². The topological polar surface area (TPSA) is 46.8 Å². The largest absolute Gasteiger partial charge is 0.301 e. The number of likely N-dealkylation sites (tertiary alicyclic amines) is 1. The fraction of sp³-hybridized carbons (Fsp3) is 0.316. The second kappa shape index (κ2) is 6.53. The summed E-state index contributed by atoms with van der Waals surface area (Å²) in [6, 6.07) is 8.55. The van der Waals surface area contributed by atoms with Gasteiger partial charge in [0.05, 0.1) is 30.2 Å². The Hall–Kier alpha value is -2.53. The van der Waals surface area contributed by atoms with Crippen LogP contribution >= 0.6 is 0 Å². The van der Waals surface area contributed by atoms with Gasteiger partial charge in [-0.25, -0.2) is 4.98 Å². The van der Waals surface area contributed by atoms with Crippen LogP contribution in [-0.2, 0) is 6.54 Å². The van der Waals surface area contributed by atoms with Crippen molar-refractivity contribution in [2.24, 2.45) is 0 Å². The summed E-state index contributed by atoms with van der Waals surface area (Å²) in [5.74, 6) is 1.04. The molecule has 0 aromatic carbocycles. The van der Waals surface area contributed by atoms with Crippen molar-refractivity contribution in [3.05, 3.63) is 72.3 Å². The maximum absolute atomic E-state index is 4.64. The van der Waals surface area contributed by atoms with Crippen molar-refractivity contribution in [2.45, 2.75) is 32.4 Å². The smallest absolute Gasteiger partial charge is 0.127 e. The summed E-state index contributed by atoms with van der Waals surface area (Å²) < 4.78 is 2.12. The first kappa shape index (κ1) is 15.0. The van der Waals surface area contributed by atoms with Crippen molar-refractivity contribution >= 4 is 0 Å². The minimum atomic E-state index is 0.380. The molecule has 1 unspecified atom stereocenters. The normalized spacial score (nSPS) is 18.1. The van der Waals surface area contributed by atoms with E-state index in [1.54, 1.807) is 6.20 Å². The summed E-state index contributed by atoms with van der Waals surface area (Å²) in [5.41, 5.74) is 3.52. The zero-order valence-electron chi connectivity index (χ0n) is 13.8. The van der Waals surface area contributed by atoms with Gasteiger partial charge in [0.1, 0.15) is 5.82 Å². The first-order valence-corrected chi connectivity index (χ1v) is 8.41. The van der Waals surface area contributed by atoms with Gasteiger partial charge >= 0.3 is 0 Å². The Balaban J connectivity index is 1.60. The van der Waals surface area contributed by atoms with Crippen LogP contribution in [0.4, 0.5) is 0 Å². The average molecular weight is 319 g/mol. The summed E-state index contributed by atoms with van der Waals surface area (Å²) in [6.07, 6.45) is 11.8. The van der Waals surface area contributed by atoms with E-state index < -0.39 is 0 Å². The van der Waals surface area contributed by atoms with E-state index in [0.717, 1.165) is 31.0 Å². The van der Waals surface area contributed by atoms with Crippen LogP contribution in [0.25, 0.3) is 5.69 Å². The van der Waals surface area contributed by atoms with Gasteiger partial charge in [-0.3, -0.25) is 14.9 Å². The van der Waals surface area contributed by atoms with E-state index in [9.17, 15) is 0 Å². The molecule has 3 aromatic rings. The van der Waals surface area contributed by atoms with Gasteiger partial charge in [-0.2, -0.15) is 0 Å². The third kappa shape index (κ3) is 2.83. The molecule has 5 nitrogen and oxygen atoms in total. The van der Waals surface area contributed by atoms with E-state index in [-0.39, 0.29) is 0 Å². The highest BCUT2D eigenvalue weighted by molar-refractivity contribution is 5.29. The van der Waals surface area contributed by atoms with Gasteiger partial charge in [0.25, 0.3) is 0 Å². The van der Waals surface area contributed by atoms with E-state index in [2.05, 4.69) is 43.5 Å². The standard InChI is InChI=1S/C19H21N5/c1-15-5-2-9-22-19(15)17-7-4-11-23(17)14-18-21-10-12-24(18)16-6-3-8-20-13-16/h2-3,5-6,8-10,12-13,17H,4,7,11,14H2,1H3.